The Kier molecular flexibility index (Phi) is 7.73. The summed E-state index contributed by atoms with van der Waals surface area (Å²) >= 11 is 0. The Hall–Kier alpha value is -2.69. The number of hydrogen-bond donors (Lipinski definition) is 0. The first-order chi connectivity index (χ1) is 13.4. The van der Waals surface area contributed by atoms with E-state index in [1.54, 1.807) is 12.4 Å². The second kappa shape index (κ2) is 10.0. The van der Waals surface area contributed by atoms with Gasteiger partial charge in [-0.15, -0.1) is 0 Å². The van der Waals surface area contributed by atoms with Crippen LogP contribution in [0.3, 0.4) is 0 Å². The summed E-state index contributed by atoms with van der Waals surface area (Å²) in [5.74, 6) is -1.21. The maximum Gasteiger partial charge on any atom is 0.306 e. The van der Waals surface area contributed by atoms with Crippen molar-refractivity contribution in [1.29, 1.82) is 0 Å². The Morgan fingerprint density at radius 2 is 1.57 bits per heavy atom. The summed E-state index contributed by atoms with van der Waals surface area (Å²) in [7, 11) is 1.37. The molecule has 0 aliphatic carbocycles. The van der Waals surface area contributed by atoms with Crippen molar-refractivity contribution >= 4 is 11.9 Å². The lowest BCUT2D eigenvalue weighted by atomic mass is 9.78. The van der Waals surface area contributed by atoms with Crippen LogP contribution in [0.4, 0.5) is 0 Å². The minimum atomic E-state index is -0.528. The first-order valence-electron chi connectivity index (χ1n) is 9.70. The van der Waals surface area contributed by atoms with Gasteiger partial charge in [0.2, 0.25) is 5.91 Å². The maximum atomic E-state index is 13.8. The van der Waals surface area contributed by atoms with Crippen molar-refractivity contribution in [2.75, 3.05) is 7.11 Å². The molecule has 1 aromatic heterocycles. The average molecular weight is 383 g/mol. The van der Waals surface area contributed by atoms with E-state index in [4.69, 9.17) is 4.74 Å². The van der Waals surface area contributed by atoms with Crippen LogP contribution in [0, 0.1) is 0 Å². The van der Waals surface area contributed by atoms with Crippen LogP contribution in [0.2, 0.25) is 0 Å². The smallest absolute Gasteiger partial charge is 0.306 e. The monoisotopic (exact) mass is 382 g/mol. The molecule has 1 amide bonds. The highest BCUT2D eigenvalue weighted by Gasteiger charge is 2.37. The number of rotatable bonds is 8. The summed E-state index contributed by atoms with van der Waals surface area (Å²) in [5, 5.41) is 0. The van der Waals surface area contributed by atoms with Gasteiger partial charge < -0.3 is 9.64 Å². The number of benzene rings is 1. The SMILES string of the molecule is COC(=O)C[C@H](c1ccccc1)[C@H](C(=O)N(C(C)C)C(C)C)c1cccnc1. The number of ether oxygens (including phenoxy) is 1. The molecule has 1 aromatic carbocycles. The van der Waals surface area contributed by atoms with E-state index in [0.717, 1.165) is 11.1 Å². The number of aromatic nitrogens is 1. The number of esters is 1. The van der Waals surface area contributed by atoms with Gasteiger partial charge in [-0.3, -0.25) is 14.6 Å². The van der Waals surface area contributed by atoms with Gasteiger partial charge in [0.1, 0.15) is 0 Å². The fourth-order valence-corrected chi connectivity index (χ4v) is 3.76. The van der Waals surface area contributed by atoms with Crippen LogP contribution in [-0.4, -0.2) is 41.0 Å². The molecule has 2 atom stereocenters. The molecule has 28 heavy (non-hydrogen) atoms. The fourth-order valence-electron chi connectivity index (χ4n) is 3.76. The number of amides is 1. The van der Waals surface area contributed by atoms with Crippen molar-refractivity contribution in [3.8, 4) is 0 Å². The van der Waals surface area contributed by atoms with Crippen LogP contribution in [0.5, 0.6) is 0 Å². The Labute approximate surface area is 167 Å². The van der Waals surface area contributed by atoms with Gasteiger partial charge in [-0.1, -0.05) is 36.4 Å². The molecule has 0 spiro atoms. The topological polar surface area (TPSA) is 59.5 Å². The molecular weight excluding hydrogens is 352 g/mol. The second-order valence-electron chi connectivity index (χ2n) is 7.49. The van der Waals surface area contributed by atoms with Crippen LogP contribution in [0.1, 0.15) is 57.1 Å². The number of pyridine rings is 1. The van der Waals surface area contributed by atoms with E-state index < -0.39 is 5.92 Å². The molecule has 5 nitrogen and oxygen atoms in total. The Bertz CT molecular complexity index is 752. The fraction of sp³-hybridized carbons (Fsp3) is 0.435. The maximum absolute atomic E-state index is 13.8. The first-order valence-corrected chi connectivity index (χ1v) is 9.70. The highest BCUT2D eigenvalue weighted by atomic mass is 16.5. The molecule has 0 fully saturated rings. The number of methoxy groups -OCH3 is 1. The van der Waals surface area contributed by atoms with Gasteiger partial charge in [0.25, 0.3) is 0 Å². The molecule has 0 saturated carbocycles. The number of carbonyl (C=O) groups is 2. The van der Waals surface area contributed by atoms with E-state index in [0.29, 0.717) is 0 Å². The van der Waals surface area contributed by atoms with Gasteiger partial charge in [-0.25, -0.2) is 0 Å². The molecular formula is C23H30N2O3. The third-order valence-electron chi connectivity index (χ3n) is 4.92. The average Bonchev–Trinajstić information content (AvgIpc) is 2.68. The van der Waals surface area contributed by atoms with Crippen molar-refractivity contribution in [2.45, 2.75) is 58.0 Å². The highest BCUT2D eigenvalue weighted by Crippen LogP contribution is 2.38. The second-order valence-corrected chi connectivity index (χ2v) is 7.49. The van der Waals surface area contributed by atoms with Crippen molar-refractivity contribution in [3.05, 3.63) is 66.0 Å². The van der Waals surface area contributed by atoms with Crippen LogP contribution >= 0.6 is 0 Å². The Balaban J connectivity index is 2.59. The van der Waals surface area contributed by atoms with E-state index in [1.807, 2.05) is 75.1 Å². The van der Waals surface area contributed by atoms with Crippen molar-refractivity contribution in [3.63, 3.8) is 0 Å². The largest absolute Gasteiger partial charge is 0.469 e. The molecule has 2 aromatic rings. The molecule has 5 heteroatoms. The van der Waals surface area contributed by atoms with E-state index in [9.17, 15) is 9.59 Å². The van der Waals surface area contributed by atoms with Gasteiger partial charge in [-0.2, -0.15) is 0 Å². The van der Waals surface area contributed by atoms with Gasteiger partial charge >= 0.3 is 5.97 Å². The minimum Gasteiger partial charge on any atom is -0.469 e. The molecule has 0 unspecified atom stereocenters. The van der Waals surface area contributed by atoms with E-state index in [2.05, 4.69) is 4.98 Å². The molecule has 1 heterocycles. The lowest BCUT2D eigenvalue weighted by Crippen LogP contribution is -2.46. The Morgan fingerprint density at radius 1 is 0.964 bits per heavy atom. The number of carbonyl (C=O) groups excluding carboxylic acids is 2. The Morgan fingerprint density at radius 3 is 2.07 bits per heavy atom. The summed E-state index contributed by atoms with van der Waals surface area (Å²) in [5.41, 5.74) is 1.74. The van der Waals surface area contributed by atoms with Gasteiger partial charge in [0.05, 0.1) is 19.4 Å². The van der Waals surface area contributed by atoms with Gasteiger partial charge in [-0.05, 0) is 44.9 Å². The first kappa shape index (κ1) is 21.6. The van der Waals surface area contributed by atoms with Gasteiger partial charge in [0.15, 0.2) is 0 Å². The quantitative estimate of drug-likeness (QED) is 0.643. The zero-order valence-corrected chi connectivity index (χ0v) is 17.3. The minimum absolute atomic E-state index is 0.00393. The third kappa shape index (κ3) is 5.18. The van der Waals surface area contributed by atoms with Crippen molar-refractivity contribution in [1.82, 2.24) is 9.88 Å². The molecule has 0 radical (unpaired) electrons. The van der Waals surface area contributed by atoms with Crippen LogP contribution in [-0.2, 0) is 14.3 Å². The molecule has 0 bridgehead atoms. The number of hydrogen-bond acceptors (Lipinski definition) is 4. The lowest BCUT2D eigenvalue weighted by molar-refractivity contribution is -0.142. The zero-order chi connectivity index (χ0) is 20.7. The predicted octanol–water partition coefficient (Wildman–Crippen LogP) is 4.16. The summed E-state index contributed by atoms with van der Waals surface area (Å²) in [6.07, 6.45) is 3.52. The normalized spacial score (nSPS) is 13.2. The molecule has 0 aliphatic rings. The lowest BCUT2D eigenvalue weighted by Gasteiger charge is -2.37. The molecule has 0 saturated heterocycles. The van der Waals surface area contributed by atoms with Crippen molar-refractivity contribution in [2.24, 2.45) is 0 Å². The van der Waals surface area contributed by atoms with Crippen molar-refractivity contribution < 1.29 is 14.3 Å². The zero-order valence-electron chi connectivity index (χ0n) is 17.3. The standard InChI is InChI=1S/C23H30N2O3/c1-16(2)25(17(3)4)23(27)22(19-12-9-13-24-15-19)20(14-21(26)28-5)18-10-7-6-8-11-18/h6-13,15-17,20,22H,14H2,1-5H3/t20-,22-/m1/s1. The van der Waals surface area contributed by atoms with E-state index >= 15 is 0 Å². The summed E-state index contributed by atoms with van der Waals surface area (Å²) in [6, 6.07) is 13.5. The predicted molar refractivity (Wildman–Crippen MR) is 110 cm³/mol. The van der Waals surface area contributed by atoms with E-state index in [-0.39, 0.29) is 36.3 Å². The summed E-state index contributed by atoms with van der Waals surface area (Å²) in [4.78, 5) is 32.1. The molecule has 150 valence electrons. The van der Waals surface area contributed by atoms with Crippen LogP contribution < -0.4 is 0 Å². The van der Waals surface area contributed by atoms with E-state index in [1.165, 1.54) is 7.11 Å². The molecule has 2 rings (SSSR count). The molecule has 0 N–H and O–H groups in total. The third-order valence-corrected chi connectivity index (χ3v) is 4.92. The molecule has 0 aliphatic heterocycles. The van der Waals surface area contributed by atoms with Crippen LogP contribution in [0.15, 0.2) is 54.9 Å². The van der Waals surface area contributed by atoms with Gasteiger partial charge in [0, 0.05) is 30.4 Å². The highest BCUT2D eigenvalue weighted by molar-refractivity contribution is 5.86. The summed E-state index contributed by atoms with van der Waals surface area (Å²) in [6.45, 7) is 8.04. The number of nitrogens with zero attached hydrogens (tertiary/aromatic N) is 2. The van der Waals surface area contributed by atoms with Crippen LogP contribution in [0.25, 0.3) is 0 Å². The summed E-state index contributed by atoms with van der Waals surface area (Å²) < 4.78 is 4.94.